The molecule has 1 amide bonds. The summed E-state index contributed by atoms with van der Waals surface area (Å²) in [6.45, 7) is 4.71. The number of carbonyl (C=O) groups is 1. The molecular weight excluding hydrogens is 527 g/mol. The molecule has 2 aromatic heterocycles. The van der Waals surface area contributed by atoms with E-state index in [4.69, 9.17) is 13.8 Å². The van der Waals surface area contributed by atoms with E-state index < -0.39 is 10.1 Å². The number of benzene rings is 2. The van der Waals surface area contributed by atoms with Crippen LogP contribution in [-0.2, 0) is 10.1 Å². The number of ether oxygens (including phenoxy) is 1. The summed E-state index contributed by atoms with van der Waals surface area (Å²) in [6, 6.07) is 15.4. The minimum Gasteiger partial charge on any atom is -0.408 e. The summed E-state index contributed by atoms with van der Waals surface area (Å²) in [4.78, 5) is 22.5. The van der Waals surface area contributed by atoms with Crippen LogP contribution in [0.2, 0.25) is 0 Å². The molecule has 10 nitrogen and oxygen atoms in total. The number of pyridine rings is 1. The highest BCUT2D eigenvalue weighted by Gasteiger charge is 2.29. The quantitative estimate of drug-likeness (QED) is 0.338. The summed E-state index contributed by atoms with van der Waals surface area (Å²) >= 11 is 0. The molecule has 4 aromatic rings. The molecule has 0 atom stereocenters. The van der Waals surface area contributed by atoms with Crippen LogP contribution in [0.4, 0.5) is 9.18 Å². The van der Waals surface area contributed by atoms with E-state index in [0.717, 1.165) is 5.56 Å². The van der Waals surface area contributed by atoms with E-state index in [1.165, 1.54) is 24.3 Å². The Bertz CT molecular complexity index is 1520. The van der Waals surface area contributed by atoms with Gasteiger partial charge in [-0.25, -0.2) is 9.18 Å². The first-order valence-electron chi connectivity index (χ1n) is 12.1. The summed E-state index contributed by atoms with van der Waals surface area (Å²) in [5, 5.41) is 3.99. The molecule has 39 heavy (non-hydrogen) atoms. The Hall–Kier alpha value is -4.16. The van der Waals surface area contributed by atoms with Gasteiger partial charge in [-0.05, 0) is 75.2 Å². The summed E-state index contributed by atoms with van der Waals surface area (Å²) in [5.41, 5.74) is 2.33. The van der Waals surface area contributed by atoms with E-state index in [0.29, 0.717) is 54.7 Å². The average Bonchev–Trinajstić information content (AvgIpc) is 3.41. The highest BCUT2D eigenvalue weighted by atomic mass is 32.2. The fraction of sp³-hybridized carbons (Fsp3) is 0.259. The number of rotatable bonds is 4. The van der Waals surface area contributed by atoms with E-state index in [-0.39, 0.29) is 22.7 Å². The van der Waals surface area contributed by atoms with Gasteiger partial charge in [-0.15, -0.1) is 0 Å². The third kappa shape index (κ3) is 7.45. The fourth-order valence-corrected chi connectivity index (χ4v) is 4.35. The van der Waals surface area contributed by atoms with Gasteiger partial charge in [0.1, 0.15) is 5.82 Å². The number of nitrogens with zero attached hydrogens (tertiary/aromatic N) is 4. The van der Waals surface area contributed by atoms with Gasteiger partial charge >= 0.3 is 6.09 Å². The number of hydrogen-bond donors (Lipinski definition) is 1. The molecule has 0 bridgehead atoms. The second kappa shape index (κ2) is 12.1. The minimum absolute atomic E-state index is 0.0666. The maximum Gasteiger partial charge on any atom is 0.415 e. The summed E-state index contributed by atoms with van der Waals surface area (Å²) in [7, 11) is -4.02. The number of hydrogen-bond acceptors (Lipinski definition) is 8. The van der Waals surface area contributed by atoms with Crippen LogP contribution in [0.1, 0.15) is 35.9 Å². The monoisotopic (exact) mass is 554 g/mol. The van der Waals surface area contributed by atoms with Gasteiger partial charge in [0, 0.05) is 30.8 Å². The maximum absolute atomic E-state index is 13.0. The van der Waals surface area contributed by atoms with Crippen LogP contribution < -0.4 is 4.74 Å². The number of halogens is 1. The summed E-state index contributed by atoms with van der Waals surface area (Å²) in [5.74, 6) is 1.20. The fourth-order valence-electron chi connectivity index (χ4n) is 3.87. The van der Waals surface area contributed by atoms with Gasteiger partial charge in [0.05, 0.1) is 10.6 Å². The Morgan fingerprint density at radius 3 is 2.33 bits per heavy atom. The van der Waals surface area contributed by atoms with Crippen molar-refractivity contribution >= 4 is 16.2 Å². The maximum atomic E-state index is 13.0. The predicted octanol–water partition coefficient (Wildman–Crippen LogP) is 5.20. The van der Waals surface area contributed by atoms with Crippen molar-refractivity contribution < 1.29 is 31.4 Å². The Balaban J connectivity index is 0.000000270. The molecule has 204 valence electrons. The Kier molecular flexibility index (Phi) is 8.67. The molecule has 0 spiro atoms. The zero-order valence-corrected chi connectivity index (χ0v) is 22.1. The highest BCUT2D eigenvalue weighted by molar-refractivity contribution is 7.85. The van der Waals surface area contributed by atoms with Gasteiger partial charge < -0.3 is 14.2 Å². The Morgan fingerprint density at radius 2 is 1.72 bits per heavy atom. The Morgan fingerprint density at radius 1 is 1.05 bits per heavy atom. The lowest BCUT2D eigenvalue weighted by molar-refractivity contribution is 0.134. The van der Waals surface area contributed by atoms with Crippen LogP contribution in [0.15, 0.2) is 76.3 Å². The van der Waals surface area contributed by atoms with E-state index in [1.54, 1.807) is 54.4 Å². The normalized spacial score (nSPS) is 13.9. The zero-order chi connectivity index (χ0) is 28.0. The highest BCUT2D eigenvalue weighted by Crippen LogP contribution is 2.29. The molecule has 1 aliphatic heterocycles. The number of amides is 1. The second-order valence-electron chi connectivity index (χ2n) is 8.97. The van der Waals surface area contributed by atoms with E-state index in [2.05, 4.69) is 15.1 Å². The summed E-state index contributed by atoms with van der Waals surface area (Å²) in [6.07, 6.45) is 2.67. The van der Waals surface area contributed by atoms with Crippen LogP contribution in [0.3, 0.4) is 0 Å². The molecule has 12 heteroatoms. The van der Waals surface area contributed by atoms with Gasteiger partial charge in [-0.3, -0.25) is 9.54 Å². The number of piperidine rings is 1. The largest absolute Gasteiger partial charge is 0.415 e. The topological polar surface area (TPSA) is 136 Å². The third-order valence-electron chi connectivity index (χ3n) is 6.12. The first kappa shape index (κ1) is 27.9. The minimum atomic E-state index is -4.02. The first-order valence-corrected chi connectivity index (χ1v) is 13.6. The van der Waals surface area contributed by atoms with Gasteiger partial charge in [0.15, 0.2) is 5.75 Å². The second-order valence-corrected chi connectivity index (χ2v) is 10.4. The smallest absolute Gasteiger partial charge is 0.408 e. The van der Waals surface area contributed by atoms with Crippen molar-refractivity contribution in [2.45, 2.75) is 37.5 Å². The molecule has 0 radical (unpaired) electrons. The van der Waals surface area contributed by atoms with Gasteiger partial charge in [-0.2, -0.15) is 13.4 Å². The van der Waals surface area contributed by atoms with E-state index >= 15 is 0 Å². The standard InChI is InChI=1S/C20H19FN4O3.C7H8O3S/c1-13-17(3-2-10-22-13)27-20(26)25-11-8-15(9-12-25)19-23-18(24-28-19)14-4-6-16(21)7-5-14;1-6-2-4-7(5-3-6)11(8,9)10/h2-7,10,15H,8-9,11-12H2,1H3;2-5H,1H3,(H,8,9,10). The van der Waals surface area contributed by atoms with Crippen molar-refractivity contribution in [3.8, 4) is 17.1 Å². The van der Waals surface area contributed by atoms with Crippen molar-refractivity contribution in [2.75, 3.05) is 13.1 Å². The predicted molar refractivity (Wildman–Crippen MR) is 139 cm³/mol. The van der Waals surface area contributed by atoms with Gasteiger partial charge in [0.25, 0.3) is 10.1 Å². The van der Waals surface area contributed by atoms with Crippen molar-refractivity contribution in [3.05, 3.63) is 89.8 Å². The van der Waals surface area contributed by atoms with Crippen molar-refractivity contribution in [1.29, 1.82) is 0 Å². The van der Waals surface area contributed by atoms with Crippen LogP contribution in [0, 0.1) is 19.7 Å². The SMILES string of the molecule is Cc1ccc(S(=O)(=O)O)cc1.Cc1ncccc1OC(=O)N1CCC(c2nc(-c3ccc(F)cc3)no2)CC1. The van der Waals surface area contributed by atoms with Crippen LogP contribution in [-0.4, -0.2) is 52.2 Å². The van der Waals surface area contributed by atoms with Crippen molar-refractivity contribution in [2.24, 2.45) is 0 Å². The lowest BCUT2D eigenvalue weighted by Crippen LogP contribution is -2.39. The van der Waals surface area contributed by atoms with E-state index in [9.17, 15) is 17.6 Å². The molecule has 1 aliphatic rings. The molecule has 1 N–H and O–H groups in total. The molecule has 0 saturated carbocycles. The number of likely N-dealkylation sites (tertiary alicyclic amines) is 1. The number of aromatic nitrogens is 3. The molecule has 3 heterocycles. The van der Waals surface area contributed by atoms with Crippen LogP contribution in [0.5, 0.6) is 5.75 Å². The molecular formula is C27H27FN4O6S. The number of carbonyl (C=O) groups excluding carboxylic acids is 1. The molecule has 1 saturated heterocycles. The zero-order valence-electron chi connectivity index (χ0n) is 21.3. The van der Waals surface area contributed by atoms with Gasteiger partial charge in [-0.1, -0.05) is 22.9 Å². The molecule has 0 unspecified atom stereocenters. The van der Waals surface area contributed by atoms with Crippen molar-refractivity contribution in [3.63, 3.8) is 0 Å². The summed E-state index contributed by atoms with van der Waals surface area (Å²) < 4.78 is 53.4. The average molecular weight is 555 g/mol. The van der Waals surface area contributed by atoms with Crippen molar-refractivity contribution in [1.82, 2.24) is 20.0 Å². The van der Waals surface area contributed by atoms with Crippen LogP contribution >= 0.6 is 0 Å². The third-order valence-corrected chi connectivity index (χ3v) is 6.99. The lowest BCUT2D eigenvalue weighted by Gasteiger charge is -2.29. The Labute approximate surface area is 225 Å². The number of aryl methyl sites for hydroxylation is 2. The molecule has 1 fully saturated rings. The lowest BCUT2D eigenvalue weighted by atomic mass is 9.97. The first-order chi connectivity index (χ1) is 18.6. The molecule has 0 aliphatic carbocycles. The molecule has 5 rings (SSSR count). The molecule has 2 aromatic carbocycles. The van der Waals surface area contributed by atoms with E-state index in [1.807, 2.05) is 6.92 Å². The van der Waals surface area contributed by atoms with Gasteiger partial charge in [0.2, 0.25) is 11.7 Å². The van der Waals surface area contributed by atoms with Crippen LogP contribution in [0.25, 0.3) is 11.4 Å².